The van der Waals surface area contributed by atoms with Gasteiger partial charge in [0, 0.05) is 30.9 Å². The topological polar surface area (TPSA) is 68.0 Å². The summed E-state index contributed by atoms with van der Waals surface area (Å²) >= 11 is 0. The second-order valence-corrected chi connectivity index (χ2v) is 5.09. The van der Waals surface area contributed by atoms with Crippen molar-refractivity contribution in [2.75, 3.05) is 6.54 Å². The van der Waals surface area contributed by atoms with Gasteiger partial charge in [0.05, 0.1) is 5.92 Å². The normalized spacial score (nSPS) is 12.3. The molecule has 23 heavy (non-hydrogen) atoms. The maximum atomic E-state index is 12.1. The molecular weight excluding hydrogens is 333 g/mol. The Morgan fingerprint density at radius 3 is 2.39 bits per heavy atom. The largest absolute Gasteiger partial charge is 0.355 e. The van der Waals surface area contributed by atoms with Crippen LogP contribution in [0.2, 0.25) is 0 Å². The summed E-state index contributed by atoms with van der Waals surface area (Å²) < 4.78 is 0. The number of benzene rings is 1. The van der Waals surface area contributed by atoms with Crippen LogP contribution in [-0.2, 0) is 11.2 Å². The number of hydrogen-bond acceptors (Lipinski definition) is 3. The summed E-state index contributed by atoms with van der Waals surface area (Å²) in [6, 6.07) is 15.2. The van der Waals surface area contributed by atoms with Crippen LogP contribution in [0.5, 0.6) is 0 Å². The predicted molar refractivity (Wildman–Crippen MR) is 98.0 cm³/mol. The lowest BCUT2D eigenvalue weighted by Gasteiger charge is -2.19. The van der Waals surface area contributed by atoms with Crippen molar-refractivity contribution in [1.29, 1.82) is 0 Å². The van der Waals surface area contributed by atoms with Crippen LogP contribution in [0.4, 0.5) is 0 Å². The SMILES string of the molecule is CC(C(=O)NCCc1ccccn1)C(N)c1ccccc1.Cl.Cl. The molecule has 3 N–H and O–H groups in total. The molecule has 2 unspecified atom stereocenters. The van der Waals surface area contributed by atoms with E-state index in [0.29, 0.717) is 6.54 Å². The lowest BCUT2D eigenvalue weighted by molar-refractivity contribution is -0.125. The van der Waals surface area contributed by atoms with Gasteiger partial charge in [-0.15, -0.1) is 24.8 Å². The molecule has 2 atom stereocenters. The minimum absolute atomic E-state index is 0. The average molecular weight is 356 g/mol. The first kappa shape index (κ1) is 21.4. The first-order chi connectivity index (χ1) is 10.2. The van der Waals surface area contributed by atoms with Crippen molar-refractivity contribution in [1.82, 2.24) is 10.3 Å². The highest BCUT2D eigenvalue weighted by Crippen LogP contribution is 2.18. The summed E-state index contributed by atoms with van der Waals surface area (Å²) in [6.07, 6.45) is 2.48. The van der Waals surface area contributed by atoms with Crippen LogP contribution in [0.15, 0.2) is 54.7 Å². The lowest BCUT2D eigenvalue weighted by Crippen LogP contribution is -2.36. The molecule has 0 aliphatic heterocycles. The second kappa shape index (κ2) is 11.0. The molecule has 6 heteroatoms. The van der Waals surface area contributed by atoms with Crippen LogP contribution < -0.4 is 11.1 Å². The van der Waals surface area contributed by atoms with Gasteiger partial charge < -0.3 is 11.1 Å². The number of amides is 1. The number of aromatic nitrogens is 1. The van der Waals surface area contributed by atoms with E-state index >= 15 is 0 Å². The van der Waals surface area contributed by atoms with Gasteiger partial charge in [-0.05, 0) is 17.7 Å². The predicted octanol–water partition coefficient (Wildman–Crippen LogP) is 2.92. The Kier molecular flexibility index (Phi) is 10.2. The van der Waals surface area contributed by atoms with Crippen LogP contribution in [0.25, 0.3) is 0 Å². The molecule has 0 fully saturated rings. The summed E-state index contributed by atoms with van der Waals surface area (Å²) in [5.74, 6) is -0.293. The zero-order valence-electron chi connectivity index (χ0n) is 13.0. The van der Waals surface area contributed by atoms with Crippen molar-refractivity contribution in [2.45, 2.75) is 19.4 Å². The highest BCUT2D eigenvalue weighted by Gasteiger charge is 2.21. The van der Waals surface area contributed by atoms with Crippen LogP contribution in [0.3, 0.4) is 0 Å². The fourth-order valence-electron chi connectivity index (χ4n) is 2.15. The number of hydrogen-bond donors (Lipinski definition) is 2. The minimum atomic E-state index is -0.291. The van der Waals surface area contributed by atoms with Crippen molar-refractivity contribution in [3.8, 4) is 0 Å². The molecule has 1 amide bonds. The summed E-state index contributed by atoms with van der Waals surface area (Å²) in [6.45, 7) is 2.43. The van der Waals surface area contributed by atoms with E-state index in [0.717, 1.165) is 17.7 Å². The van der Waals surface area contributed by atoms with Gasteiger partial charge in [-0.3, -0.25) is 9.78 Å². The van der Waals surface area contributed by atoms with Crippen LogP contribution >= 0.6 is 24.8 Å². The van der Waals surface area contributed by atoms with E-state index in [2.05, 4.69) is 10.3 Å². The van der Waals surface area contributed by atoms with Crippen LogP contribution in [-0.4, -0.2) is 17.4 Å². The molecule has 126 valence electrons. The van der Waals surface area contributed by atoms with Crippen LogP contribution in [0.1, 0.15) is 24.2 Å². The number of pyridine rings is 1. The number of carbonyl (C=O) groups excluding carboxylic acids is 1. The molecule has 0 bridgehead atoms. The number of nitrogens with zero attached hydrogens (tertiary/aromatic N) is 1. The van der Waals surface area contributed by atoms with Crippen molar-refractivity contribution in [3.05, 3.63) is 66.0 Å². The molecule has 0 spiro atoms. The number of carbonyl (C=O) groups is 1. The Labute approximate surface area is 149 Å². The van der Waals surface area contributed by atoms with E-state index < -0.39 is 0 Å². The molecule has 1 aromatic carbocycles. The zero-order chi connectivity index (χ0) is 15.1. The molecule has 0 saturated carbocycles. The van der Waals surface area contributed by atoms with Gasteiger partial charge >= 0.3 is 0 Å². The Morgan fingerprint density at radius 1 is 1.13 bits per heavy atom. The monoisotopic (exact) mass is 355 g/mol. The molecule has 1 aromatic heterocycles. The Morgan fingerprint density at radius 2 is 1.78 bits per heavy atom. The number of rotatable bonds is 6. The molecule has 4 nitrogen and oxygen atoms in total. The standard InChI is InChI=1S/C17H21N3O.2ClH/c1-13(16(18)14-7-3-2-4-8-14)17(21)20-12-10-15-9-5-6-11-19-15;;/h2-9,11,13,16H,10,12,18H2,1H3,(H,20,21);2*1H. The summed E-state index contributed by atoms with van der Waals surface area (Å²) in [5, 5.41) is 2.92. The quantitative estimate of drug-likeness (QED) is 0.836. The zero-order valence-corrected chi connectivity index (χ0v) is 14.6. The van der Waals surface area contributed by atoms with Gasteiger partial charge in [0.1, 0.15) is 0 Å². The van der Waals surface area contributed by atoms with E-state index in [1.54, 1.807) is 6.20 Å². The number of nitrogens with one attached hydrogen (secondary N) is 1. The first-order valence-electron chi connectivity index (χ1n) is 7.16. The summed E-state index contributed by atoms with van der Waals surface area (Å²) in [4.78, 5) is 16.4. The Balaban J connectivity index is 0.00000242. The third kappa shape index (κ3) is 6.57. The van der Waals surface area contributed by atoms with Gasteiger partial charge in [0.15, 0.2) is 0 Å². The third-order valence-electron chi connectivity index (χ3n) is 3.54. The van der Waals surface area contributed by atoms with Crippen molar-refractivity contribution in [2.24, 2.45) is 11.7 Å². The Hall–Kier alpha value is -1.62. The van der Waals surface area contributed by atoms with Gasteiger partial charge in [-0.25, -0.2) is 0 Å². The fourth-order valence-corrected chi connectivity index (χ4v) is 2.15. The van der Waals surface area contributed by atoms with Gasteiger partial charge in [0.25, 0.3) is 0 Å². The van der Waals surface area contributed by atoms with Crippen molar-refractivity contribution >= 4 is 30.7 Å². The maximum absolute atomic E-state index is 12.1. The number of nitrogens with two attached hydrogens (primary N) is 1. The molecule has 1 heterocycles. The van der Waals surface area contributed by atoms with Gasteiger partial charge in [-0.2, -0.15) is 0 Å². The minimum Gasteiger partial charge on any atom is -0.355 e. The fraction of sp³-hybridized carbons (Fsp3) is 0.294. The second-order valence-electron chi connectivity index (χ2n) is 5.09. The highest BCUT2D eigenvalue weighted by atomic mass is 35.5. The summed E-state index contributed by atoms with van der Waals surface area (Å²) in [5.41, 5.74) is 8.10. The smallest absolute Gasteiger partial charge is 0.224 e. The first-order valence-corrected chi connectivity index (χ1v) is 7.16. The van der Waals surface area contributed by atoms with E-state index in [4.69, 9.17) is 5.73 Å². The van der Waals surface area contributed by atoms with E-state index in [-0.39, 0.29) is 42.7 Å². The molecule has 0 radical (unpaired) electrons. The van der Waals surface area contributed by atoms with E-state index in [1.165, 1.54) is 0 Å². The Bertz CT molecular complexity index is 567. The molecule has 2 aromatic rings. The van der Waals surface area contributed by atoms with Gasteiger partial charge in [0.2, 0.25) is 5.91 Å². The maximum Gasteiger partial charge on any atom is 0.224 e. The third-order valence-corrected chi connectivity index (χ3v) is 3.54. The van der Waals surface area contributed by atoms with E-state index in [9.17, 15) is 4.79 Å². The molecular formula is C17H23Cl2N3O. The van der Waals surface area contributed by atoms with E-state index in [1.807, 2.05) is 55.5 Å². The van der Waals surface area contributed by atoms with Crippen molar-refractivity contribution in [3.63, 3.8) is 0 Å². The molecule has 0 saturated heterocycles. The lowest BCUT2D eigenvalue weighted by atomic mass is 9.94. The highest BCUT2D eigenvalue weighted by molar-refractivity contribution is 5.85. The number of halogens is 2. The molecule has 0 aliphatic rings. The molecule has 2 rings (SSSR count). The average Bonchev–Trinajstić information content (AvgIpc) is 2.55. The summed E-state index contributed by atoms with van der Waals surface area (Å²) in [7, 11) is 0. The van der Waals surface area contributed by atoms with Crippen molar-refractivity contribution < 1.29 is 4.79 Å². The van der Waals surface area contributed by atoms with Crippen LogP contribution in [0, 0.1) is 5.92 Å². The molecule has 0 aliphatic carbocycles. The van der Waals surface area contributed by atoms with Gasteiger partial charge in [-0.1, -0.05) is 43.3 Å².